The van der Waals surface area contributed by atoms with E-state index in [-0.39, 0.29) is 19.1 Å². The number of rotatable bonds is 35. The molecule has 9 heteroatoms. The summed E-state index contributed by atoms with van der Waals surface area (Å²) in [5.74, 6) is -0.160. The maximum absolute atomic E-state index is 12.8. The lowest BCUT2D eigenvalue weighted by Crippen LogP contribution is -2.46. The topological polar surface area (TPSA) is 105 Å². The van der Waals surface area contributed by atoms with Gasteiger partial charge in [-0.25, -0.2) is 4.57 Å². The first kappa shape index (κ1) is 48.5. The molecular formula is C41H78N2O6P+. The normalized spacial score (nSPS) is 15.1. The van der Waals surface area contributed by atoms with Crippen molar-refractivity contribution in [1.82, 2.24) is 5.32 Å². The minimum absolute atomic E-state index is 0.0704. The van der Waals surface area contributed by atoms with E-state index in [4.69, 9.17) is 9.05 Å². The van der Waals surface area contributed by atoms with Gasteiger partial charge in [0.25, 0.3) is 0 Å². The zero-order valence-electron chi connectivity index (χ0n) is 32.9. The van der Waals surface area contributed by atoms with E-state index in [0.29, 0.717) is 23.9 Å². The number of carbonyl (C=O) groups is 1. The number of aliphatic hydroxyl groups is 1. The first-order valence-corrected chi connectivity index (χ1v) is 21.5. The van der Waals surface area contributed by atoms with Crippen molar-refractivity contribution >= 4 is 13.7 Å². The van der Waals surface area contributed by atoms with Crippen LogP contribution in [0.25, 0.3) is 0 Å². The van der Waals surface area contributed by atoms with Crippen LogP contribution in [0.4, 0.5) is 0 Å². The van der Waals surface area contributed by atoms with Crippen LogP contribution < -0.4 is 5.32 Å². The second kappa shape index (κ2) is 33.3. The Bertz CT molecular complexity index is 959. The van der Waals surface area contributed by atoms with Gasteiger partial charge >= 0.3 is 7.82 Å². The average Bonchev–Trinajstić information content (AvgIpc) is 3.06. The molecule has 0 aliphatic carbocycles. The summed E-state index contributed by atoms with van der Waals surface area (Å²) in [6.07, 6.45) is 40.1. The number of phosphoric acid groups is 1. The van der Waals surface area contributed by atoms with Crippen LogP contribution in [0, 0.1) is 0 Å². The molecule has 0 saturated carbocycles. The standard InChI is InChI=1S/C41H77N2O6P/c1-6-8-10-12-14-15-16-17-18-19-20-21-22-23-24-25-26-27-29-31-33-35-41(45)42-39(40(44)34-32-30-28-13-11-9-7-2)38-49-50(46,47)48-37-36-43(3,4)5/h8,10,14-15,17-18,20-21,39-40,44H,6-7,9,11-13,16,19,22-38H2,1-5H3,(H-,42,45,46,47)/p+1/b10-8-,15-14-,18-17-,21-20-. The Hall–Kier alpha value is -1.54. The van der Waals surface area contributed by atoms with Crippen LogP contribution in [-0.2, 0) is 18.4 Å². The van der Waals surface area contributed by atoms with Crippen LogP contribution in [0.15, 0.2) is 48.6 Å². The highest BCUT2D eigenvalue weighted by atomic mass is 31.2. The van der Waals surface area contributed by atoms with E-state index in [1.165, 1.54) is 57.8 Å². The van der Waals surface area contributed by atoms with Gasteiger partial charge < -0.3 is 19.8 Å². The predicted molar refractivity (Wildman–Crippen MR) is 212 cm³/mol. The molecule has 0 radical (unpaired) electrons. The zero-order valence-corrected chi connectivity index (χ0v) is 33.8. The van der Waals surface area contributed by atoms with Crippen molar-refractivity contribution in [3.63, 3.8) is 0 Å². The molecule has 0 saturated heterocycles. The largest absolute Gasteiger partial charge is 0.472 e. The van der Waals surface area contributed by atoms with Crippen molar-refractivity contribution in [1.29, 1.82) is 0 Å². The van der Waals surface area contributed by atoms with Gasteiger partial charge in [0.05, 0.1) is 39.9 Å². The van der Waals surface area contributed by atoms with E-state index in [1.54, 1.807) is 0 Å². The van der Waals surface area contributed by atoms with Gasteiger partial charge in [-0.3, -0.25) is 13.8 Å². The molecule has 292 valence electrons. The van der Waals surface area contributed by atoms with Crippen molar-refractivity contribution in [2.75, 3.05) is 40.9 Å². The molecule has 0 aliphatic rings. The Morgan fingerprint density at radius 2 is 1.20 bits per heavy atom. The van der Waals surface area contributed by atoms with E-state index in [0.717, 1.165) is 70.6 Å². The summed E-state index contributed by atoms with van der Waals surface area (Å²) in [4.78, 5) is 23.0. The van der Waals surface area contributed by atoms with E-state index in [2.05, 4.69) is 67.8 Å². The Morgan fingerprint density at radius 3 is 1.76 bits per heavy atom. The first-order valence-electron chi connectivity index (χ1n) is 20.0. The molecule has 0 fully saturated rings. The van der Waals surface area contributed by atoms with Crippen LogP contribution in [0.5, 0.6) is 0 Å². The fraction of sp³-hybridized carbons (Fsp3) is 0.780. The maximum atomic E-state index is 12.8. The minimum atomic E-state index is -4.30. The van der Waals surface area contributed by atoms with Gasteiger partial charge in [-0.1, -0.05) is 146 Å². The lowest BCUT2D eigenvalue weighted by atomic mass is 10.0. The third kappa shape index (κ3) is 34.9. The summed E-state index contributed by atoms with van der Waals surface area (Å²) in [6, 6.07) is -0.762. The molecule has 0 aromatic carbocycles. The summed E-state index contributed by atoms with van der Waals surface area (Å²) < 4.78 is 23.4. The molecule has 8 nitrogen and oxygen atoms in total. The van der Waals surface area contributed by atoms with Gasteiger partial charge in [0, 0.05) is 6.42 Å². The first-order chi connectivity index (χ1) is 24.0. The number of nitrogens with one attached hydrogen (secondary N) is 1. The van der Waals surface area contributed by atoms with Crippen molar-refractivity contribution in [3.8, 4) is 0 Å². The number of carbonyl (C=O) groups excluding carboxylic acids is 1. The number of nitrogens with zero attached hydrogens (tertiary/aromatic N) is 1. The Kier molecular flexibility index (Phi) is 32.3. The summed E-state index contributed by atoms with van der Waals surface area (Å²) in [7, 11) is 1.60. The number of hydrogen-bond donors (Lipinski definition) is 3. The molecule has 3 unspecified atom stereocenters. The third-order valence-electron chi connectivity index (χ3n) is 8.59. The minimum Gasteiger partial charge on any atom is -0.391 e. The van der Waals surface area contributed by atoms with Gasteiger partial charge in [0.1, 0.15) is 13.2 Å². The van der Waals surface area contributed by atoms with E-state index in [9.17, 15) is 19.4 Å². The van der Waals surface area contributed by atoms with Crippen molar-refractivity contribution in [2.45, 2.75) is 167 Å². The second-order valence-corrected chi connectivity index (χ2v) is 16.1. The Labute approximate surface area is 308 Å². The maximum Gasteiger partial charge on any atom is 0.472 e. The lowest BCUT2D eigenvalue weighted by Gasteiger charge is -2.26. The van der Waals surface area contributed by atoms with Crippen molar-refractivity contribution in [3.05, 3.63) is 48.6 Å². The number of likely N-dealkylation sites (N-methyl/N-ethyl adjacent to an activating group) is 1. The van der Waals surface area contributed by atoms with E-state index in [1.807, 2.05) is 21.1 Å². The fourth-order valence-electron chi connectivity index (χ4n) is 5.39. The Morgan fingerprint density at radius 1 is 0.700 bits per heavy atom. The Balaban J connectivity index is 4.26. The molecule has 0 rings (SSSR count). The van der Waals surface area contributed by atoms with Crippen LogP contribution in [0.3, 0.4) is 0 Å². The molecule has 0 heterocycles. The molecule has 0 aliphatic heterocycles. The monoisotopic (exact) mass is 726 g/mol. The molecule has 0 aromatic rings. The molecule has 3 atom stereocenters. The number of amides is 1. The quantitative estimate of drug-likeness (QED) is 0.0260. The van der Waals surface area contributed by atoms with Gasteiger partial charge in [-0.15, -0.1) is 0 Å². The van der Waals surface area contributed by atoms with Gasteiger partial charge in [-0.05, 0) is 51.4 Å². The lowest BCUT2D eigenvalue weighted by molar-refractivity contribution is -0.870. The smallest absolute Gasteiger partial charge is 0.391 e. The van der Waals surface area contributed by atoms with E-state index >= 15 is 0 Å². The molecule has 1 amide bonds. The predicted octanol–water partition coefficient (Wildman–Crippen LogP) is 10.5. The van der Waals surface area contributed by atoms with E-state index < -0.39 is 20.0 Å². The number of quaternary nitrogens is 1. The molecule has 3 N–H and O–H groups in total. The highest BCUT2D eigenvalue weighted by Crippen LogP contribution is 2.43. The molecule has 0 bridgehead atoms. The number of phosphoric ester groups is 1. The van der Waals surface area contributed by atoms with Crippen molar-refractivity contribution in [2.24, 2.45) is 0 Å². The highest BCUT2D eigenvalue weighted by molar-refractivity contribution is 7.47. The number of allylic oxidation sites excluding steroid dienone is 8. The van der Waals surface area contributed by atoms with Gasteiger partial charge in [0.15, 0.2) is 0 Å². The number of unbranched alkanes of at least 4 members (excludes halogenated alkanes) is 14. The van der Waals surface area contributed by atoms with Crippen LogP contribution >= 0.6 is 7.82 Å². The summed E-state index contributed by atoms with van der Waals surface area (Å²) in [5.41, 5.74) is 0. The van der Waals surface area contributed by atoms with Crippen LogP contribution in [0.2, 0.25) is 0 Å². The van der Waals surface area contributed by atoms with Crippen LogP contribution in [0.1, 0.15) is 155 Å². The van der Waals surface area contributed by atoms with Crippen molar-refractivity contribution < 1.29 is 32.9 Å². The SMILES string of the molecule is CC/C=C\C/C=C\C/C=C\C/C=C\CCCCCCCCCCC(=O)NC(COP(=O)(O)OCC[N+](C)(C)C)C(O)CCCCCCCCC. The van der Waals surface area contributed by atoms with Gasteiger partial charge in [-0.2, -0.15) is 0 Å². The fourth-order valence-corrected chi connectivity index (χ4v) is 6.12. The van der Waals surface area contributed by atoms with Crippen LogP contribution in [-0.4, -0.2) is 73.4 Å². The molecular weight excluding hydrogens is 647 g/mol. The summed E-state index contributed by atoms with van der Waals surface area (Å²) in [5, 5.41) is 13.8. The number of hydrogen-bond acceptors (Lipinski definition) is 5. The highest BCUT2D eigenvalue weighted by Gasteiger charge is 2.28. The van der Waals surface area contributed by atoms with Gasteiger partial charge in [0.2, 0.25) is 5.91 Å². The third-order valence-corrected chi connectivity index (χ3v) is 9.58. The summed E-state index contributed by atoms with van der Waals surface area (Å²) in [6.45, 7) is 4.69. The average molecular weight is 726 g/mol. The number of aliphatic hydroxyl groups excluding tert-OH is 1. The summed E-state index contributed by atoms with van der Waals surface area (Å²) >= 11 is 0. The zero-order chi connectivity index (χ0) is 37.2. The molecule has 0 aromatic heterocycles. The molecule has 0 spiro atoms. The second-order valence-electron chi connectivity index (χ2n) is 14.6. The molecule has 50 heavy (non-hydrogen) atoms.